The van der Waals surface area contributed by atoms with Crippen molar-refractivity contribution in [3.05, 3.63) is 54.4 Å². The van der Waals surface area contributed by atoms with Gasteiger partial charge >= 0.3 is 0 Å². The van der Waals surface area contributed by atoms with E-state index in [-0.39, 0.29) is 6.04 Å². The number of benzene rings is 1. The Labute approximate surface area is 150 Å². The van der Waals surface area contributed by atoms with Gasteiger partial charge in [0, 0.05) is 32.7 Å². The van der Waals surface area contributed by atoms with E-state index in [2.05, 4.69) is 63.1 Å². The molecule has 1 aliphatic heterocycles. The molecule has 1 fully saturated rings. The molecule has 3 rings (SSSR count). The van der Waals surface area contributed by atoms with Crippen LogP contribution >= 0.6 is 0 Å². The van der Waals surface area contributed by atoms with E-state index in [9.17, 15) is 0 Å². The van der Waals surface area contributed by atoms with E-state index < -0.39 is 0 Å². The Kier molecular flexibility index (Phi) is 6.30. The van der Waals surface area contributed by atoms with E-state index in [4.69, 9.17) is 0 Å². The van der Waals surface area contributed by atoms with Gasteiger partial charge < -0.3 is 0 Å². The molecule has 6 heteroatoms. The van der Waals surface area contributed by atoms with E-state index in [1.807, 2.05) is 16.8 Å². The van der Waals surface area contributed by atoms with E-state index in [0.717, 1.165) is 57.9 Å². The van der Waals surface area contributed by atoms with Gasteiger partial charge in [-0.15, -0.1) is 11.7 Å². The first-order chi connectivity index (χ1) is 12.3. The van der Waals surface area contributed by atoms with Gasteiger partial charge in [0.1, 0.15) is 0 Å². The summed E-state index contributed by atoms with van der Waals surface area (Å²) in [6.45, 7) is 12.0. The van der Waals surface area contributed by atoms with Crippen LogP contribution in [0.5, 0.6) is 0 Å². The third kappa shape index (κ3) is 4.52. The van der Waals surface area contributed by atoms with Gasteiger partial charge in [-0.25, -0.2) is 4.68 Å². The van der Waals surface area contributed by atoms with Crippen LogP contribution in [0.2, 0.25) is 0 Å². The largest absolute Gasteiger partial charge is 0.297 e. The van der Waals surface area contributed by atoms with Crippen molar-refractivity contribution in [2.75, 3.05) is 32.7 Å². The normalized spacial score (nSPS) is 17.5. The standard InChI is InChI=1S/C19H28N6/c1-3-8-18(24-14-12-23(11-4-2)13-15-24)19-20-21-22-25(19)16-17-9-6-5-7-10-17/h4-7,9-10,18H,2-3,8,11-16H2,1H3. The maximum Gasteiger partial charge on any atom is 0.168 e. The topological polar surface area (TPSA) is 50.1 Å². The van der Waals surface area contributed by atoms with Gasteiger partial charge in [0.2, 0.25) is 0 Å². The van der Waals surface area contributed by atoms with Gasteiger partial charge in [0.15, 0.2) is 5.82 Å². The first-order valence-electron chi connectivity index (χ1n) is 9.19. The van der Waals surface area contributed by atoms with Gasteiger partial charge in [-0.05, 0) is 22.4 Å². The molecule has 1 saturated heterocycles. The smallest absolute Gasteiger partial charge is 0.168 e. The van der Waals surface area contributed by atoms with Crippen molar-refractivity contribution in [3.8, 4) is 0 Å². The zero-order valence-corrected chi connectivity index (χ0v) is 15.1. The average Bonchev–Trinajstić information content (AvgIpc) is 3.09. The molecule has 25 heavy (non-hydrogen) atoms. The van der Waals surface area contributed by atoms with E-state index in [0.29, 0.717) is 0 Å². The first-order valence-corrected chi connectivity index (χ1v) is 9.19. The molecule has 0 spiro atoms. The fourth-order valence-electron chi connectivity index (χ4n) is 3.51. The fourth-order valence-corrected chi connectivity index (χ4v) is 3.51. The van der Waals surface area contributed by atoms with Crippen LogP contribution in [0.1, 0.15) is 37.2 Å². The van der Waals surface area contributed by atoms with Gasteiger partial charge in [0.25, 0.3) is 0 Å². The van der Waals surface area contributed by atoms with Crippen LogP contribution < -0.4 is 0 Å². The number of tetrazole rings is 1. The molecule has 6 nitrogen and oxygen atoms in total. The maximum atomic E-state index is 4.39. The van der Waals surface area contributed by atoms with Gasteiger partial charge in [0.05, 0.1) is 12.6 Å². The van der Waals surface area contributed by atoms with Crippen LogP contribution in [0.4, 0.5) is 0 Å². The molecule has 0 amide bonds. The van der Waals surface area contributed by atoms with E-state index in [1.54, 1.807) is 0 Å². The van der Waals surface area contributed by atoms with Crippen molar-refractivity contribution in [2.45, 2.75) is 32.4 Å². The Morgan fingerprint density at radius 1 is 1.16 bits per heavy atom. The van der Waals surface area contributed by atoms with Crippen LogP contribution in [0.25, 0.3) is 0 Å². The van der Waals surface area contributed by atoms with Gasteiger partial charge in [-0.1, -0.05) is 49.8 Å². The predicted molar refractivity (Wildman–Crippen MR) is 99.2 cm³/mol. The summed E-state index contributed by atoms with van der Waals surface area (Å²) < 4.78 is 1.96. The van der Waals surface area contributed by atoms with Crippen LogP contribution in [0.15, 0.2) is 43.0 Å². The monoisotopic (exact) mass is 340 g/mol. The third-order valence-corrected chi connectivity index (χ3v) is 4.83. The molecule has 1 atom stereocenters. The summed E-state index contributed by atoms with van der Waals surface area (Å²) in [7, 11) is 0. The fraction of sp³-hybridized carbons (Fsp3) is 0.526. The Morgan fingerprint density at radius 2 is 1.92 bits per heavy atom. The summed E-state index contributed by atoms with van der Waals surface area (Å²) in [5.41, 5.74) is 1.22. The second-order valence-electron chi connectivity index (χ2n) is 6.61. The highest BCUT2D eigenvalue weighted by Crippen LogP contribution is 2.25. The van der Waals surface area contributed by atoms with Crippen molar-refractivity contribution >= 4 is 0 Å². The van der Waals surface area contributed by atoms with E-state index >= 15 is 0 Å². The molecular weight excluding hydrogens is 312 g/mol. The van der Waals surface area contributed by atoms with Gasteiger partial charge in [-0.2, -0.15) is 0 Å². The Bertz CT molecular complexity index is 645. The average molecular weight is 340 g/mol. The molecule has 2 heterocycles. The Morgan fingerprint density at radius 3 is 2.60 bits per heavy atom. The maximum absolute atomic E-state index is 4.39. The zero-order valence-electron chi connectivity index (χ0n) is 15.1. The lowest BCUT2D eigenvalue weighted by Crippen LogP contribution is -2.48. The number of rotatable bonds is 8. The number of nitrogens with zero attached hydrogens (tertiary/aromatic N) is 6. The highest BCUT2D eigenvalue weighted by molar-refractivity contribution is 5.15. The molecule has 0 bridgehead atoms. The highest BCUT2D eigenvalue weighted by Gasteiger charge is 2.28. The predicted octanol–water partition coefficient (Wildman–Crippen LogP) is 2.37. The summed E-state index contributed by atoms with van der Waals surface area (Å²) >= 11 is 0. The van der Waals surface area contributed by atoms with Crippen molar-refractivity contribution in [2.24, 2.45) is 0 Å². The van der Waals surface area contributed by atoms with Crippen molar-refractivity contribution in [1.29, 1.82) is 0 Å². The molecule has 134 valence electrons. The molecule has 0 aliphatic carbocycles. The molecule has 1 aromatic heterocycles. The minimum absolute atomic E-state index is 0.287. The Balaban J connectivity index is 1.73. The molecular formula is C19H28N6. The number of hydrogen-bond acceptors (Lipinski definition) is 5. The van der Waals surface area contributed by atoms with Crippen LogP contribution in [-0.4, -0.2) is 62.7 Å². The minimum Gasteiger partial charge on any atom is -0.297 e. The molecule has 0 saturated carbocycles. The summed E-state index contributed by atoms with van der Waals surface area (Å²) in [6.07, 6.45) is 4.19. The lowest BCUT2D eigenvalue weighted by atomic mass is 10.1. The van der Waals surface area contributed by atoms with Crippen LogP contribution in [0, 0.1) is 0 Å². The van der Waals surface area contributed by atoms with E-state index in [1.165, 1.54) is 5.56 Å². The molecule has 2 aromatic rings. The lowest BCUT2D eigenvalue weighted by Gasteiger charge is -2.38. The van der Waals surface area contributed by atoms with Crippen molar-refractivity contribution < 1.29 is 0 Å². The second kappa shape index (κ2) is 8.87. The van der Waals surface area contributed by atoms with Crippen LogP contribution in [-0.2, 0) is 6.54 Å². The lowest BCUT2D eigenvalue weighted by molar-refractivity contribution is 0.0923. The minimum atomic E-state index is 0.287. The highest BCUT2D eigenvalue weighted by atomic mass is 15.6. The number of piperazine rings is 1. The van der Waals surface area contributed by atoms with Crippen molar-refractivity contribution in [1.82, 2.24) is 30.0 Å². The van der Waals surface area contributed by atoms with Crippen molar-refractivity contribution in [3.63, 3.8) is 0 Å². The summed E-state index contributed by atoms with van der Waals surface area (Å²) in [6, 6.07) is 10.7. The zero-order chi connectivity index (χ0) is 17.5. The Hall–Kier alpha value is -2.05. The third-order valence-electron chi connectivity index (χ3n) is 4.83. The van der Waals surface area contributed by atoms with Crippen LogP contribution in [0.3, 0.4) is 0 Å². The summed E-state index contributed by atoms with van der Waals surface area (Å²) in [5.74, 6) is 0.989. The number of hydrogen-bond donors (Lipinski definition) is 0. The first kappa shape index (κ1) is 17.8. The summed E-state index contributed by atoms with van der Waals surface area (Å²) in [5, 5.41) is 12.6. The molecule has 0 N–H and O–H groups in total. The molecule has 1 aromatic carbocycles. The number of aromatic nitrogens is 4. The second-order valence-corrected chi connectivity index (χ2v) is 6.61. The SMILES string of the molecule is C=CCN1CCN(C(CCC)c2nnnn2Cc2ccccc2)CC1. The quantitative estimate of drug-likeness (QED) is 0.691. The summed E-state index contributed by atoms with van der Waals surface area (Å²) in [4.78, 5) is 4.98. The molecule has 0 radical (unpaired) electrons. The molecule has 1 aliphatic rings. The molecule has 1 unspecified atom stereocenters. The van der Waals surface area contributed by atoms with Gasteiger partial charge in [-0.3, -0.25) is 9.80 Å².